The molecule has 8 nitrogen and oxygen atoms in total. The Morgan fingerprint density at radius 2 is 2.20 bits per heavy atom. The molecule has 0 saturated heterocycles. The molecule has 10 heavy (non-hydrogen) atoms. The molecule has 0 aromatic carbocycles. The van der Waals surface area contributed by atoms with Crippen molar-refractivity contribution in [3.8, 4) is 0 Å². The van der Waals surface area contributed by atoms with Crippen molar-refractivity contribution in [2.45, 2.75) is 6.92 Å². The molecule has 3 N–H and O–H groups in total. The number of hydrogen-bond acceptors (Lipinski definition) is 4. The molecule has 0 unspecified atom stereocenters. The molecule has 58 valence electrons. The second kappa shape index (κ2) is 5.85. The monoisotopic (exact) mass is 148 g/mol. The van der Waals surface area contributed by atoms with Crippen molar-refractivity contribution in [1.82, 2.24) is 10.8 Å². The van der Waals surface area contributed by atoms with Gasteiger partial charge >= 0.3 is 0 Å². The van der Waals surface area contributed by atoms with E-state index in [9.17, 15) is 0 Å². The van der Waals surface area contributed by atoms with Crippen LogP contribution in [0.1, 0.15) is 6.92 Å². The maximum absolute atomic E-state index is 8.55. The lowest BCUT2D eigenvalue weighted by Gasteiger charge is -2.00. The molecule has 0 fully saturated rings. The largest absolute Gasteiger partial charge is 0.273 e. The standard InChI is InChI=1S/C2H8N6O2/c1-2-8(10)6-4-3-5-7-9/h10H,2H2,1H3,(H,3,6,7)(H,4,5,9). The summed E-state index contributed by atoms with van der Waals surface area (Å²) in [5.74, 6) is 0. The third-order valence-corrected chi connectivity index (χ3v) is 0.556. The quantitative estimate of drug-likeness (QED) is 0.394. The zero-order chi connectivity index (χ0) is 7.82. The second-order valence-corrected chi connectivity index (χ2v) is 1.16. The molecule has 8 heteroatoms. The van der Waals surface area contributed by atoms with E-state index in [1.807, 2.05) is 0 Å². The van der Waals surface area contributed by atoms with Crippen molar-refractivity contribution in [3.05, 3.63) is 0 Å². The first-order valence-corrected chi connectivity index (χ1v) is 2.47. The molecule has 0 rings (SSSR count). The molecule has 0 bridgehead atoms. The van der Waals surface area contributed by atoms with Crippen molar-refractivity contribution in [2.75, 3.05) is 6.54 Å². The molecule has 0 aliphatic heterocycles. The summed E-state index contributed by atoms with van der Waals surface area (Å²) in [6.07, 6.45) is 0. The molecule has 0 aliphatic carbocycles. The number of hydrogen-bond donors (Lipinski definition) is 3. The van der Waals surface area contributed by atoms with Crippen LogP contribution >= 0.6 is 0 Å². The maximum Gasteiger partial charge on any atom is 0.0636 e. The molecule has 0 aliphatic rings. The first kappa shape index (κ1) is 8.72. The normalized spacial score (nSPS) is 11.1. The van der Waals surface area contributed by atoms with Gasteiger partial charge in [-0.1, -0.05) is 0 Å². The number of nitrogens with one attached hydrogen (secondary N) is 1. The van der Waals surface area contributed by atoms with Crippen LogP contribution in [0.2, 0.25) is 0 Å². The van der Waals surface area contributed by atoms with Gasteiger partial charge in [-0.25, -0.2) is 0 Å². The van der Waals surface area contributed by atoms with Gasteiger partial charge in [0.05, 0.1) is 6.54 Å². The fraction of sp³-hybridized carbons (Fsp3) is 1.00. The molecule has 0 radical (unpaired) electrons. The van der Waals surface area contributed by atoms with Crippen LogP contribution in [0.5, 0.6) is 0 Å². The summed E-state index contributed by atoms with van der Waals surface area (Å²) < 4.78 is 0. The van der Waals surface area contributed by atoms with Gasteiger partial charge in [-0.05, 0) is 27.8 Å². The highest BCUT2D eigenvalue weighted by atomic mass is 16.5. The highest BCUT2D eigenvalue weighted by Crippen LogP contribution is 1.83. The van der Waals surface area contributed by atoms with Crippen LogP contribution in [-0.2, 0) is 0 Å². The van der Waals surface area contributed by atoms with Crippen molar-refractivity contribution < 1.29 is 10.4 Å². The molecular weight excluding hydrogens is 140 g/mol. The molecular formula is C2H8N6O2. The Morgan fingerprint density at radius 3 is 2.70 bits per heavy atom. The van der Waals surface area contributed by atoms with Gasteiger partial charge in [0.2, 0.25) is 0 Å². The average molecular weight is 148 g/mol. The van der Waals surface area contributed by atoms with E-state index in [0.29, 0.717) is 11.7 Å². The summed E-state index contributed by atoms with van der Waals surface area (Å²) in [7, 11) is 0. The Bertz CT molecular complexity index is 123. The van der Waals surface area contributed by atoms with Gasteiger partial charge in [-0.15, -0.1) is 0 Å². The lowest BCUT2D eigenvalue weighted by Crippen LogP contribution is -2.08. The smallest absolute Gasteiger partial charge is 0.0636 e. The number of nitrogens with zero attached hydrogens (tertiary/aromatic N) is 5. The Morgan fingerprint density at radius 1 is 1.50 bits per heavy atom. The number of hydroxylamine groups is 1. The lowest BCUT2D eigenvalue weighted by molar-refractivity contribution is -0.0937. The minimum absolute atomic E-state index is 0.297. The topological polar surface area (TPSA) is 105 Å². The Hall–Kier alpha value is -1.28. The zero-order valence-corrected chi connectivity index (χ0v) is 5.34. The van der Waals surface area contributed by atoms with Crippen LogP contribution in [-0.4, -0.2) is 22.1 Å². The van der Waals surface area contributed by atoms with E-state index >= 15 is 0 Å². The summed E-state index contributed by atoms with van der Waals surface area (Å²) in [6, 6.07) is 0. The van der Waals surface area contributed by atoms with E-state index in [1.165, 1.54) is 5.59 Å². The van der Waals surface area contributed by atoms with Gasteiger partial charge in [-0.3, -0.25) is 10.4 Å². The van der Waals surface area contributed by atoms with Crippen LogP contribution in [0.4, 0.5) is 0 Å². The first-order valence-electron chi connectivity index (χ1n) is 2.47. The molecule has 0 amide bonds. The fourth-order valence-electron chi connectivity index (χ4n) is 0.167. The predicted octanol–water partition coefficient (Wildman–Crippen LogP) is 0.326. The van der Waals surface area contributed by atoms with E-state index < -0.39 is 0 Å². The molecule has 0 spiro atoms. The van der Waals surface area contributed by atoms with Gasteiger partial charge in [-0.2, -0.15) is 10.8 Å². The van der Waals surface area contributed by atoms with Crippen molar-refractivity contribution >= 4 is 0 Å². The first-order chi connectivity index (χ1) is 4.81. The summed E-state index contributed by atoms with van der Waals surface area (Å²) in [6.45, 7) is 1.96. The predicted molar refractivity (Wildman–Crippen MR) is 28.8 cm³/mol. The highest BCUT2D eigenvalue weighted by Gasteiger charge is 1.84. The minimum atomic E-state index is 0.297. The maximum atomic E-state index is 8.55. The van der Waals surface area contributed by atoms with Crippen molar-refractivity contribution in [1.29, 1.82) is 0 Å². The fourth-order valence-corrected chi connectivity index (χ4v) is 0.167. The highest BCUT2D eigenvalue weighted by molar-refractivity contribution is 4.18. The molecule has 0 aromatic heterocycles. The third kappa shape index (κ3) is 4.87. The minimum Gasteiger partial charge on any atom is -0.273 e. The van der Waals surface area contributed by atoms with Crippen LogP contribution in [0.25, 0.3) is 0 Å². The van der Waals surface area contributed by atoms with Gasteiger partial charge in [0, 0.05) is 0 Å². The summed E-state index contributed by atoms with van der Waals surface area (Å²) in [4.78, 5) is 0. The molecule has 0 aromatic rings. The van der Waals surface area contributed by atoms with Gasteiger partial charge < -0.3 is 0 Å². The van der Waals surface area contributed by atoms with Gasteiger partial charge in [0.1, 0.15) is 0 Å². The molecule has 0 saturated carbocycles. The van der Waals surface area contributed by atoms with Gasteiger partial charge in [0.15, 0.2) is 0 Å². The summed E-state index contributed by atoms with van der Waals surface area (Å²) in [5.41, 5.74) is 1.36. The van der Waals surface area contributed by atoms with Crippen molar-refractivity contribution in [2.24, 2.45) is 20.9 Å². The van der Waals surface area contributed by atoms with Crippen molar-refractivity contribution in [3.63, 3.8) is 0 Å². The second-order valence-electron chi connectivity index (χ2n) is 1.16. The summed E-state index contributed by atoms with van der Waals surface area (Å²) >= 11 is 0. The zero-order valence-electron chi connectivity index (χ0n) is 5.34. The Kier molecular flexibility index (Phi) is 5.10. The van der Waals surface area contributed by atoms with E-state index in [-0.39, 0.29) is 0 Å². The Balaban J connectivity index is 3.44. The van der Waals surface area contributed by atoms with Crippen LogP contribution < -0.4 is 5.59 Å². The van der Waals surface area contributed by atoms with E-state index in [1.54, 1.807) is 6.92 Å². The molecule has 0 heterocycles. The van der Waals surface area contributed by atoms with E-state index in [4.69, 9.17) is 10.4 Å². The average Bonchev–Trinajstić information content (AvgIpc) is 1.98. The van der Waals surface area contributed by atoms with E-state index in [2.05, 4.69) is 20.9 Å². The third-order valence-electron chi connectivity index (χ3n) is 0.556. The lowest BCUT2D eigenvalue weighted by atomic mass is 10.8. The van der Waals surface area contributed by atoms with Crippen LogP contribution in [0, 0.1) is 0 Å². The van der Waals surface area contributed by atoms with Gasteiger partial charge in [0.25, 0.3) is 0 Å². The molecule has 0 atom stereocenters. The Labute approximate surface area is 56.7 Å². The number of rotatable bonds is 4. The SMILES string of the molecule is CCN(O)/N=N/N=N/NO. The van der Waals surface area contributed by atoms with Crippen LogP contribution in [0.15, 0.2) is 20.9 Å². The van der Waals surface area contributed by atoms with E-state index in [0.717, 1.165) is 0 Å². The van der Waals surface area contributed by atoms with Crippen LogP contribution in [0.3, 0.4) is 0 Å². The summed E-state index contributed by atoms with van der Waals surface area (Å²) in [5, 5.41) is 28.7.